The quantitative estimate of drug-likeness (QED) is 0.177. The van der Waals surface area contributed by atoms with E-state index in [2.05, 4.69) is 191 Å². The Morgan fingerprint density at radius 3 is 1.61 bits per heavy atom. The van der Waals surface area contributed by atoms with Crippen molar-refractivity contribution in [2.24, 2.45) is 0 Å². The zero-order chi connectivity index (χ0) is 33.5. The van der Waals surface area contributed by atoms with E-state index in [1.54, 1.807) is 0 Å². The van der Waals surface area contributed by atoms with Crippen molar-refractivity contribution >= 4 is 75.1 Å². The van der Waals surface area contributed by atoms with Gasteiger partial charge in [-0.05, 0) is 48.0 Å². The average Bonchev–Trinajstić information content (AvgIpc) is 3.84. The van der Waals surface area contributed by atoms with Crippen LogP contribution in [0, 0.1) is 0 Å². The normalized spacial score (nSPS) is 11.9. The topological polar surface area (TPSA) is 9.86 Å². The van der Waals surface area contributed by atoms with Gasteiger partial charge in [-0.3, -0.25) is 0 Å². The van der Waals surface area contributed by atoms with Crippen LogP contribution in [0.3, 0.4) is 0 Å². The van der Waals surface area contributed by atoms with Crippen molar-refractivity contribution in [3.63, 3.8) is 0 Å². The molecule has 11 aromatic rings. The summed E-state index contributed by atoms with van der Waals surface area (Å²) in [6.45, 7) is 0. The molecule has 0 aliphatic carbocycles. The number of fused-ring (bicyclic) bond motifs is 9. The van der Waals surface area contributed by atoms with Gasteiger partial charge in [0.15, 0.2) is 0 Å². The molecular weight excluding hydrogens is 637 g/mol. The van der Waals surface area contributed by atoms with Gasteiger partial charge in [-0.2, -0.15) is 0 Å². The largest absolute Gasteiger partial charge is 0.309 e. The van der Waals surface area contributed by atoms with Crippen molar-refractivity contribution in [3.05, 3.63) is 182 Å². The molecule has 51 heavy (non-hydrogen) atoms. The predicted molar refractivity (Wildman–Crippen MR) is 219 cm³/mol. The highest BCUT2D eigenvalue weighted by Crippen LogP contribution is 2.45. The van der Waals surface area contributed by atoms with E-state index in [0.29, 0.717) is 0 Å². The van der Waals surface area contributed by atoms with Crippen molar-refractivity contribution in [2.75, 3.05) is 0 Å². The van der Waals surface area contributed by atoms with Gasteiger partial charge in [0.1, 0.15) is 0 Å². The Morgan fingerprint density at radius 2 is 0.863 bits per heavy atom. The van der Waals surface area contributed by atoms with Gasteiger partial charge in [-0.1, -0.05) is 140 Å². The van der Waals surface area contributed by atoms with Crippen LogP contribution in [0.1, 0.15) is 0 Å². The van der Waals surface area contributed by atoms with Crippen LogP contribution in [-0.2, 0) is 0 Å². The molecular formula is C48H30N2S. The summed E-state index contributed by atoms with van der Waals surface area (Å²) in [7, 11) is 0. The third-order valence-electron chi connectivity index (χ3n) is 10.5. The molecule has 0 saturated heterocycles. The first-order valence-electron chi connectivity index (χ1n) is 17.4. The maximum atomic E-state index is 2.49. The molecule has 0 bridgehead atoms. The third-order valence-corrected chi connectivity index (χ3v) is 11.7. The number of thiophene rings is 1. The van der Waals surface area contributed by atoms with Gasteiger partial charge in [0.25, 0.3) is 0 Å². The minimum absolute atomic E-state index is 1.16. The molecule has 0 saturated carbocycles. The van der Waals surface area contributed by atoms with Gasteiger partial charge in [-0.25, -0.2) is 0 Å². The van der Waals surface area contributed by atoms with E-state index in [1.807, 2.05) is 11.3 Å². The van der Waals surface area contributed by atoms with Crippen LogP contribution >= 0.6 is 11.3 Å². The number of rotatable bonds is 4. The summed E-state index contributed by atoms with van der Waals surface area (Å²) < 4.78 is 7.62. The van der Waals surface area contributed by atoms with Crippen LogP contribution in [0.4, 0.5) is 0 Å². The summed E-state index contributed by atoms with van der Waals surface area (Å²) in [5.74, 6) is 0. The molecule has 3 heterocycles. The fourth-order valence-electron chi connectivity index (χ4n) is 8.36. The SMILES string of the molecule is c1ccc(-c2cccc(-c3ccccc3-n3c4ccccc4c4cc5c(cc43)sc3ccccc35)c2-n2c3ccccc3c3ccccc32)cc1. The molecule has 0 aliphatic rings. The highest BCUT2D eigenvalue weighted by atomic mass is 32.1. The zero-order valence-electron chi connectivity index (χ0n) is 27.6. The zero-order valence-corrected chi connectivity index (χ0v) is 28.4. The number of nitrogens with zero attached hydrogens (tertiary/aromatic N) is 2. The van der Waals surface area contributed by atoms with Gasteiger partial charge in [-0.15, -0.1) is 11.3 Å². The second-order valence-corrected chi connectivity index (χ2v) is 14.4. The molecule has 3 aromatic heterocycles. The Morgan fingerprint density at radius 1 is 0.314 bits per heavy atom. The fraction of sp³-hybridized carbons (Fsp3) is 0. The number of hydrogen-bond acceptors (Lipinski definition) is 1. The van der Waals surface area contributed by atoms with Gasteiger partial charge >= 0.3 is 0 Å². The molecule has 8 aromatic carbocycles. The van der Waals surface area contributed by atoms with Crippen LogP contribution in [0.15, 0.2) is 182 Å². The van der Waals surface area contributed by atoms with Crippen LogP contribution in [0.25, 0.3) is 97.4 Å². The lowest BCUT2D eigenvalue weighted by Gasteiger charge is -2.21. The van der Waals surface area contributed by atoms with Crippen molar-refractivity contribution in [1.29, 1.82) is 0 Å². The molecule has 0 spiro atoms. The summed E-state index contributed by atoms with van der Waals surface area (Å²) in [6.07, 6.45) is 0. The molecule has 2 nitrogen and oxygen atoms in total. The molecule has 0 radical (unpaired) electrons. The Hall–Kier alpha value is -6.42. The van der Waals surface area contributed by atoms with Gasteiger partial charge < -0.3 is 9.13 Å². The number of benzene rings is 8. The summed E-state index contributed by atoms with van der Waals surface area (Å²) >= 11 is 1.88. The fourth-order valence-corrected chi connectivity index (χ4v) is 9.48. The van der Waals surface area contributed by atoms with Crippen molar-refractivity contribution in [2.45, 2.75) is 0 Å². The van der Waals surface area contributed by atoms with Gasteiger partial charge in [0.2, 0.25) is 0 Å². The molecule has 0 unspecified atom stereocenters. The van der Waals surface area contributed by atoms with E-state index in [9.17, 15) is 0 Å². The molecule has 238 valence electrons. The lowest BCUT2D eigenvalue weighted by Crippen LogP contribution is -2.03. The second-order valence-electron chi connectivity index (χ2n) is 13.3. The Bertz CT molecular complexity index is 3090. The lowest BCUT2D eigenvalue weighted by molar-refractivity contribution is 1.16. The van der Waals surface area contributed by atoms with Gasteiger partial charge in [0.05, 0.1) is 33.4 Å². The summed E-state index contributed by atoms with van der Waals surface area (Å²) in [5, 5.41) is 7.70. The molecule has 0 atom stereocenters. The first kappa shape index (κ1) is 28.4. The van der Waals surface area contributed by atoms with Crippen LogP contribution < -0.4 is 0 Å². The monoisotopic (exact) mass is 666 g/mol. The summed E-state index contributed by atoms with van der Waals surface area (Å²) in [4.78, 5) is 0. The Kier molecular flexibility index (Phi) is 6.16. The number of para-hydroxylation sites is 5. The first-order chi connectivity index (χ1) is 25.3. The third kappa shape index (κ3) is 4.16. The Labute approximate surface area is 298 Å². The molecule has 0 N–H and O–H groups in total. The van der Waals surface area contributed by atoms with Crippen molar-refractivity contribution in [1.82, 2.24) is 9.13 Å². The van der Waals surface area contributed by atoms with E-state index in [4.69, 9.17) is 0 Å². The second kappa shape index (κ2) is 11.0. The molecule has 0 aliphatic heterocycles. The highest BCUT2D eigenvalue weighted by Gasteiger charge is 2.23. The van der Waals surface area contributed by atoms with Crippen molar-refractivity contribution in [3.8, 4) is 33.6 Å². The van der Waals surface area contributed by atoms with Crippen LogP contribution in [0.2, 0.25) is 0 Å². The van der Waals surface area contributed by atoms with Gasteiger partial charge in [0, 0.05) is 58.4 Å². The van der Waals surface area contributed by atoms with Crippen LogP contribution in [-0.4, -0.2) is 9.13 Å². The predicted octanol–water partition coefficient (Wildman–Crippen LogP) is 13.6. The maximum absolute atomic E-state index is 2.49. The minimum atomic E-state index is 1.16. The van der Waals surface area contributed by atoms with E-state index < -0.39 is 0 Å². The summed E-state index contributed by atoms with van der Waals surface area (Å²) in [6, 6.07) is 66.7. The number of aromatic nitrogens is 2. The van der Waals surface area contributed by atoms with E-state index in [1.165, 1.54) is 91.7 Å². The Balaban J connectivity index is 1.27. The maximum Gasteiger partial charge on any atom is 0.0619 e. The van der Waals surface area contributed by atoms with E-state index in [0.717, 1.165) is 5.69 Å². The first-order valence-corrected chi connectivity index (χ1v) is 18.3. The molecule has 0 fully saturated rings. The standard InChI is InChI=1S/C48H30N2S/c1-2-15-31(16-3-1)32-22-14-23-38(48(32)50-43-26-11-4-17-33(43)34-18-5-12-27-44(34)50)35-19-6-9-24-41(35)49-42-25-10-7-20-36(42)39-29-40-37-21-8-13-28-46(37)51-47(40)30-45(39)49/h1-30H. The van der Waals surface area contributed by atoms with Crippen molar-refractivity contribution < 1.29 is 0 Å². The van der Waals surface area contributed by atoms with E-state index >= 15 is 0 Å². The lowest BCUT2D eigenvalue weighted by atomic mass is 9.94. The van der Waals surface area contributed by atoms with Crippen LogP contribution in [0.5, 0.6) is 0 Å². The van der Waals surface area contributed by atoms with E-state index in [-0.39, 0.29) is 0 Å². The highest BCUT2D eigenvalue weighted by molar-refractivity contribution is 7.25. The molecule has 0 amide bonds. The smallest absolute Gasteiger partial charge is 0.0619 e. The minimum Gasteiger partial charge on any atom is -0.309 e. The summed E-state index contributed by atoms with van der Waals surface area (Å²) in [5.41, 5.74) is 11.9. The molecule has 11 rings (SSSR count). The average molecular weight is 667 g/mol. The number of hydrogen-bond donors (Lipinski definition) is 0. The molecule has 3 heteroatoms.